The van der Waals surface area contributed by atoms with Gasteiger partial charge in [-0.2, -0.15) is 0 Å². The Morgan fingerprint density at radius 2 is 2.00 bits per heavy atom. The third kappa shape index (κ3) is 3.84. The highest BCUT2D eigenvalue weighted by atomic mass is 35.5. The largest absolute Gasteiger partial charge is 0.382 e. The van der Waals surface area contributed by atoms with Gasteiger partial charge in [0, 0.05) is 6.04 Å². The topological polar surface area (TPSA) is 71.1 Å². The van der Waals surface area contributed by atoms with Crippen LogP contribution >= 0.6 is 22.9 Å². The van der Waals surface area contributed by atoms with Gasteiger partial charge in [-0.25, -0.2) is 13.4 Å². The summed E-state index contributed by atoms with van der Waals surface area (Å²) in [5.74, 6) is 0.267. The highest BCUT2D eigenvalue weighted by Crippen LogP contribution is 2.26. The molecule has 108 valence electrons. The number of aromatic nitrogens is 1. The Labute approximate surface area is 127 Å². The minimum atomic E-state index is -3.63. The molecule has 2 aromatic heterocycles. The minimum absolute atomic E-state index is 0.161. The van der Waals surface area contributed by atoms with Crippen molar-refractivity contribution < 1.29 is 8.42 Å². The molecule has 2 heterocycles. The Kier molecular flexibility index (Phi) is 4.52. The van der Waals surface area contributed by atoms with Crippen molar-refractivity contribution >= 4 is 44.5 Å². The lowest BCUT2D eigenvalue weighted by Gasteiger charge is -2.10. The van der Waals surface area contributed by atoms with Gasteiger partial charge in [0.25, 0.3) is 10.0 Å². The molecule has 2 rings (SSSR count). The number of rotatable bonds is 5. The fourth-order valence-electron chi connectivity index (χ4n) is 1.50. The summed E-state index contributed by atoms with van der Waals surface area (Å²) in [5, 5.41) is 3.17. The molecule has 0 radical (unpaired) electrons. The lowest BCUT2D eigenvalue weighted by atomic mass is 10.3. The molecule has 5 nitrogen and oxygen atoms in total. The molecule has 0 aromatic carbocycles. The van der Waals surface area contributed by atoms with Crippen molar-refractivity contribution in [1.29, 1.82) is 0 Å². The molecule has 0 unspecified atom stereocenters. The van der Waals surface area contributed by atoms with Gasteiger partial charge < -0.3 is 5.32 Å². The number of hydrogen-bond acceptors (Lipinski definition) is 5. The molecule has 0 fully saturated rings. The highest BCUT2D eigenvalue weighted by molar-refractivity contribution is 7.94. The molecule has 0 saturated heterocycles. The second-order valence-electron chi connectivity index (χ2n) is 4.40. The zero-order chi connectivity index (χ0) is 14.8. The number of thiophene rings is 1. The summed E-state index contributed by atoms with van der Waals surface area (Å²) in [6, 6.07) is 6.67. The second kappa shape index (κ2) is 5.99. The Morgan fingerprint density at radius 3 is 2.50 bits per heavy atom. The lowest BCUT2D eigenvalue weighted by Crippen LogP contribution is -2.13. The molecule has 0 saturated carbocycles. The van der Waals surface area contributed by atoms with Crippen LogP contribution in [0.25, 0.3) is 0 Å². The first-order chi connectivity index (χ1) is 9.37. The number of sulfonamides is 1. The van der Waals surface area contributed by atoms with E-state index in [4.69, 9.17) is 11.6 Å². The molecule has 2 aromatic rings. The monoisotopic (exact) mass is 331 g/mol. The van der Waals surface area contributed by atoms with E-state index in [2.05, 4.69) is 15.0 Å². The van der Waals surface area contributed by atoms with Crippen molar-refractivity contribution in [3.63, 3.8) is 0 Å². The van der Waals surface area contributed by atoms with Gasteiger partial charge in [0.1, 0.15) is 10.0 Å². The van der Waals surface area contributed by atoms with Crippen LogP contribution in [-0.4, -0.2) is 19.4 Å². The maximum Gasteiger partial charge on any atom is 0.272 e. The fraction of sp³-hybridized carbons (Fsp3) is 0.250. The summed E-state index contributed by atoms with van der Waals surface area (Å²) in [6.07, 6.45) is 1.58. The molecule has 0 atom stereocenters. The van der Waals surface area contributed by atoms with Crippen LogP contribution in [0.5, 0.6) is 0 Å². The van der Waals surface area contributed by atoms with Crippen LogP contribution in [0.2, 0.25) is 4.34 Å². The second-order valence-corrected chi connectivity index (χ2v) is 8.02. The lowest BCUT2D eigenvalue weighted by molar-refractivity contribution is 0.603. The van der Waals surface area contributed by atoms with E-state index in [0.717, 1.165) is 17.0 Å². The van der Waals surface area contributed by atoms with Gasteiger partial charge >= 0.3 is 0 Å². The maximum atomic E-state index is 12.1. The van der Waals surface area contributed by atoms with E-state index in [-0.39, 0.29) is 16.1 Å². The van der Waals surface area contributed by atoms with E-state index < -0.39 is 10.0 Å². The Bertz CT molecular complexity index is 681. The van der Waals surface area contributed by atoms with E-state index in [9.17, 15) is 8.42 Å². The summed E-state index contributed by atoms with van der Waals surface area (Å²) in [7, 11) is -3.63. The van der Waals surface area contributed by atoms with Crippen molar-refractivity contribution in [2.45, 2.75) is 24.1 Å². The maximum absolute atomic E-state index is 12.1. The number of nitrogens with zero attached hydrogens (tertiary/aromatic N) is 1. The van der Waals surface area contributed by atoms with Crippen LogP contribution in [0.4, 0.5) is 11.5 Å². The number of hydrogen-bond donors (Lipinski definition) is 2. The first-order valence-corrected chi connectivity index (χ1v) is 8.55. The molecular formula is C12H14ClN3O2S2. The van der Waals surface area contributed by atoms with Crippen LogP contribution in [0.3, 0.4) is 0 Å². The average molecular weight is 332 g/mol. The summed E-state index contributed by atoms with van der Waals surface area (Å²) in [5.41, 5.74) is 0.835. The summed E-state index contributed by atoms with van der Waals surface area (Å²) >= 11 is 6.74. The number of pyridine rings is 1. The molecule has 0 amide bonds. The standard InChI is InChI=1S/C12H14ClN3O2S2/c1-8(2)15-9-3-5-11(14-7-9)16-20(17,18)12-6-4-10(13)19-12/h3-8,15H,1-2H3,(H,14,16). The van der Waals surface area contributed by atoms with E-state index in [1.165, 1.54) is 6.07 Å². The van der Waals surface area contributed by atoms with Crippen LogP contribution < -0.4 is 10.0 Å². The van der Waals surface area contributed by atoms with Gasteiger partial charge in [0.2, 0.25) is 0 Å². The van der Waals surface area contributed by atoms with Gasteiger partial charge in [0.05, 0.1) is 16.2 Å². The molecular weight excluding hydrogens is 318 g/mol. The van der Waals surface area contributed by atoms with Gasteiger partial charge in [-0.05, 0) is 38.1 Å². The van der Waals surface area contributed by atoms with Gasteiger partial charge in [-0.15, -0.1) is 11.3 Å². The number of halogens is 1. The third-order valence-electron chi connectivity index (χ3n) is 2.27. The molecule has 0 bridgehead atoms. The number of nitrogens with one attached hydrogen (secondary N) is 2. The summed E-state index contributed by atoms with van der Waals surface area (Å²) in [6.45, 7) is 4.02. The van der Waals surface area contributed by atoms with Crippen molar-refractivity contribution in [3.8, 4) is 0 Å². The van der Waals surface area contributed by atoms with Crippen LogP contribution in [0, 0.1) is 0 Å². The van der Waals surface area contributed by atoms with Crippen LogP contribution in [0.15, 0.2) is 34.7 Å². The molecule has 20 heavy (non-hydrogen) atoms. The van der Waals surface area contributed by atoms with Crippen LogP contribution in [0.1, 0.15) is 13.8 Å². The molecule has 0 aliphatic carbocycles. The Hall–Kier alpha value is -1.31. The smallest absolute Gasteiger partial charge is 0.272 e. The minimum Gasteiger partial charge on any atom is -0.382 e. The van der Waals surface area contributed by atoms with E-state index in [0.29, 0.717) is 4.34 Å². The Balaban J connectivity index is 2.13. The molecule has 0 aliphatic rings. The zero-order valence-electron chi connectivity index (χ0n) is 10.9. The van der Waals surface area contributed by atoms with Crippen molar-refractivity contribution in [2.24, 2.45) is 0 Å². The van der Waals surface area contributed by atoms with E-state index in [1.54, 1.807) is 24.4 Å². The van der Waals surface area contributed by atoms with Gasteiger partial charge in [0.15, 0.2) is 0 Å². The van der Waals surface area contributed by atoms with Crippen molar-refractivity contribution in [2.75, 3.05) is 10.0 Å². The van der Waals surface area contributed by atoms with E-state index >= 15 is 0 Å². The first kappa shape index (κ1) is 15.1. The van der Waals surface area contributed by atoms with Gasteiger partial charge in [-0.3, -0.25) is 4.72 Å². The first-order valence-electron chi connectivity index (χ1n) is 5.87. The summed E-state index contributed by atoms with van der Waals surface area (Å²) < 4.78 is 27.1. The van der Waals surface area contributed by atoms with E-state index in [1.807, 2.05) is 13.8 Å². The fourth-order valence-corrected chi connectivity index (χ4v) is 3.99. The highest BCUT2D eigenvalue weighted by Gasteiger charge is 2.17. The quantitative estimate of drug-likeness (QED) is 0.880. The molecule has 0 aliphatic heterocycles. The zero-order valence-corrected chi connectivity index (χ0v) is 13.3. The van der Waals surface area contributed by atoms with Crippen LogP contribution in [-0.2, 0) is 10.0 Å². The molecule has 2 N–H and O–H groups in total. The summed E-state index contributed by atoms with van der Waals surface area (Å²) in [4.78, 5) is 4.07. The normalized spacial score (nSPS) is 11.6. The average Bonchev–Trinajstić information content (AvgIpc) is 2.78. The molecule has 8 heteroatoms. The SMILES string of the molecule is CC(C)Nc1ccc(NS(=O)(=O)c2ccc(Cl)s2)nc1. The van der Waals surface area contributed by atoms with Crippen molar-refractivity contribution in [3.05, 3.63) is 34.8 Å². The van der Waals surface area contributed by atoms with Crippen molar-refractivity contribution in [1.82, 2.24) is 4.98 Å². The predicted molar refractivity (Wildman–Crippen MR) is 83.1 cm³/mol. The number of anilines is 2. The predicted octanol–water partition coefficient (Wildman–Crippen LogP) is 3.42. The Morgan fingerprint density at radius 1 is 1.25 bits per heavy atom. The molecule has 0 spiro atoms. The van der Waals surface area contributed by atoms with Gasteiger partial charge in [-0.1, -0.05) is 11.6 Å². The third-order valence-corrected chi connectivity index (χ3v) is 5.35.